The van der Waals surface area contributed by atoms with E-state index in [1.54, 1.807) is 18.2 Å². The molecule has 0 bridgehead atoms. The van der Waals surface area contributed by atoms with Crippen molar-refractivity contribution in [1.82, 2.24) is 0 Å². The number of aliphatic hydroxyl groups excluding tert-OH is 1. The van der Waals surface area contributed by atoms with E-state index in [0.29, 0.717) is 10.8 Å². The molecule has 0 heterocycles. The SMILES string of the molecule is Cc1cc(OCC(=O)CC(O)CN)ccc1Cl. The summed E-state index contributed by atoms with van der Waals surface area (Å²) in [5.74, 6) is 0.401. The predicted molar refractivity (Wildman–Crippen MR) is 66.4 cm³/mol. The minimum Gasteiger partial charge on any atom is -0.486 e. The van der Waals surface area contributed by atoms with E-state index in [-0.39, 0.29) is 25.4 Å². The number of ketones is 1. The molecule has 0 aliphatic carbocycles. The molecule has 4 nitrogen and oxygen atoms in total. The van der Waals surface area contributed by atoms with Gasteiger partial charge in [-0.15, -0.1) is 0 Å². The average Bonchev–Trinajstić information content (AvgIpc) is 2.30. The molecule has 0 amide bonds. The van der Waals surface area contributed by atoms with Crippen molar-refractivity contribution >= 4 is 17.4 Å². The van der Waals surface area contributed by atoms with Crippen LogP contribution in [-0.2, 0) is 4.79 Å². The Hall–Kier alpha value is -1.10. The van der Waals surface area contributed by atoms with Crippen LogP contribution in [-0.4, -0.2) is 30.1 Å². The van der Waals surface area contributed by atoms with Gasteiger partial charge in [0.15, 0.2) is 5.78 Å². The summed E-state index contributed by atoms with van der Waals surface area (Å²) in [5.41, 5.74) is 6.09. The van der Waals surface area contributed by atoms with Gasteiger partial charge < -0.3 is 15.6 Å². The van der Waals surface area contributed by atoms with Crippen LogP contribution in [0.3, 0.4) is 0 Å². The first-order valence-corrected chi connectivity index (χ1v) is 5.69. The van der Waals surface area contributed by atoms with Gasteiger partial charge in [0.1, 0.15) is 12.4 Å². The van der Waals surface area contributed by atoms with Gasteiger partial charge in [0.05, 0.1) is 6.10 Å². The first kappa shape index (κ1) is 14.0. The lowest BCUT2D eigenvalue weighted by atomic mass is 10.2. The van der Waals surface area contributed by atoms with Crippen molar-refractivity contribution in [1.29, 1.82) is 0 Å². The molecule has 0 aromatic heterocycles. The zero-order valence-corrected chi connectivity index (χ0v) is 10.4. The van der Waals surface area contributed by atoms with Gasteiger partial charge in [-0.2, -0.15) is 0 Å². The molecule has 0 spiro atoms. The molecule has 0 saturated heterocycles. The number of Topliss-reactive ketones (excluding diaryl/α,β-unsaturated/α-hetero) is 1. The Balaban J connectivity index is 2.45. The summed E-state index contributed by atoms with van der Waals surface area (Å²) >= 11 is 5.86. The molecule has 17 heavy (non-hydrogen) atoms. The molecule has 1 rings (SSSR count). The summed E-state index contributed by atoms with van der Waals surface area (Å²) in [6, 6.07) is 5.17. The van der Waals surface area contributed by atoms with Crippen molar-refractivity contribution < 1.29 is 14.6 Å². The van der Waals surface area contributed by atoms with E-state index in [1.165, 1.54) is 0 Å². The molecular weight excluding hydrogens is 242 g/mol. The second-order valence-corrected chi connectivity index (χ2v) is 4.24. The number of aliphatic hydroxyl groups is 1. The quantitative estimate of drug-likeness (QED) is 0.806. The van der Waals surface area contributed by atoms with Gasteiger partial charge in [0.25, 0.3) is 0 Å². The standard InChI is InChI=1S/C12H16ClNO3/c1-8-4-11(2-3-12(8)13)17-7-10(16)5-9(15)6-14/h2-4,9,15H,5-7,14H2,1H3. The molecule has 0 aliphatic rings. The molecule has 1 atom stereocenters. The van der Waals surface area contributed by atoms with Crippen LogP contribution in [0.2, 0.25) is 5.02 Å². The summed E-state index contributed by atoms with van der Waals surface area (Å²) in [6.07, 6.45) is -0.777. The first-order chi connectivity index (χ1) is 8.02. The highest BCUT2D eigenvalue weighted by Gasteiger charge is 2.10. The fraction of sp³-hybridized carbons (Fsp3) is 0.417. The van der Waals surface area contributed by atoms with E-state index in [1.807, 2.05) is 6.92 Å². The van der Waals surface area contributed by atoms with Gasteiger partial charge in [0.2, 0.25) is 0 Å². The minimum absolute atomic E-state index is 0.0169. The van der Waals surface area contributed by atoms with Crippen molar-refractivity contribution in [3.8, 4) is 5.75 Å². The average molecular weight is 258 g/mol. The third-order valence-corrected chi connectivity index (χ3v) is 2.69. The largest absolute Gasteiger partial charge is 0.486 e. The fourth-order valence-corrected chi connectivity index (χ4v) is 1.39. The summed E-state index contributed by atoms with van der Waals surface area (Å²) in [7, 11) is 0. The molecule has 5 heteroatoms. The highest BCUT2D eigenvalue weighted by molar-refractivity contribution is 6.31. The Labute approximate surface area is 105 Å². The zero-order valence-electron chi connectivity index (χ0n) is 9.65. The van der Waals surface area contributed by atoms with Crippen LogP contribution in [0.15, 0.2) is 18.2 Å². The molecule has 1 aromatic carbocycles. The van der Waals surface area contributed by atoms with Crippen LogP contribution in [0.25, 0.3) is 0 Å². The van der Waals surface area contributed by atoms with Crippen molar-refractivity contribution in [3.63, 3.8) is 0 Å². The Morgan fingerprint density at radius 2 is 2.29 bits per heavy atom. The van der Waals surface area contributed by atoms with Crippen molar-refractivity contribution in [2.24, 2.45) is 5.73 Å². The molecule has 3 N–H and O–H groups in total. The number of rotatable bonds is 6. The number of carbonyl (C=O) groups is 1. The monoisotopic (exact) mass is 257 g/mol. The smallest absolute Gasteiger partial charge is 0.172 e. The van der Waals surface area contributed by atoms with E-state index in [2.05, 4.69) is 0 Å². The maximum Gasteiger partial charge on any atom is 0.172 e. The molecular formula is C12H16ClNO3. The van der Waals surface area contributed by atoms with Crippen LogP contribution in [0.5, 0.6) is 5.75 Å². The lowest BCUT2D eigenvalue weighted by Gasteiger charge is -2.09. The lowest BCUT2D eigenvalue weighted by molar-refractivity contribution is -0.122. The zero-order chi connectivity index (χ0) is 12.8. The summed E-state index contributed by atoms with van der Waals surface area (Å²) < 4.78 is 5.29. The van der Waals surface area contributed by atoms with Gasteiger partial charge in [0, 0.05) is 18.0 Å². The Morgan fingerprint density at radius 3 is 2.88 bits per heavy atom. The number of carbonyl (C=O) groups excluding carboxylic acids is 1. The van der Waals surface area contributed by atoms with E-state index in [0.717, 1.165) is 5.56 Å². The van der Waals surface area contributed by atoms with Gasteiger partial charge >= 0.3 is 0 Å². The third-order valence-electron chi connectivity index (χ3n) is 2.26. The number of nitrogens with two attached hydrogens (primary N) is 1. The number of aryl methyl sites for hydroxylation is 1. The topological polar surface area (TPSA) is 72.5 Å². The third kappa shape index (κ3) is 4.73. The second kappa shape index (κ2) is 6.59. The Morgan fingerprint density at radius 1 is 1.59 bits per heavy atom. The molecule has 94 valence electrons. The van der Waals surface area contributed by atoms with E-state index < -0.39 is 6.10 Å². The van der Waals surface area contributed by atoms with E-state index in [4.69, 9.17) is 22.1 Å². The molecule has 1 unspecified atom stereocenters. The highest BCUT2D eigenvalue weighted by atomic mass is 35.5. The van der Waals surface area contributed by atoms with Crippen molar-refractivity contribution in [2.75, 3.05) is 13.2 Å². The van der Waals surface area contributed by atoms with Crippen molar-refractivity contribution in [3.05, 3.63) is 28.8 Å². The normalized spacial score (nSPS) is 12.2. The Kier molecular flexibility index (Phi) is 5.41. The van der Waals surface area contributed by atoms with Crippen molar-refractivity contribution in [2.45, 2.75) is 19.4 Å². The molecule has 0 radical (unpaired) electrons. The number of ether oxygens (including phenoxy) is 1. The fourth-order valence-electron chi connectivity index (χ4n) is 1.28. The van der Waals surface area contributed by atoms with Crippen LogP contribution >= 0.6 is 11.6 Å². The molecule has 0 saturated carbocycles. The summed E-state index contributed by atoms with van der Waals surface area (Å²) in [5, 5.41) is 9.84. The van der Waals surface area contributed by atoms with E-state index >= 15 is 0 Å². The number of hydrogen-bond donors (Lipinski definition) is 2. The summed E-state index contributed by atoms with van der Waals surface area (Å²) in [6.45, 7) is 1.86. The molecule has 1 aromatic rings. The molecule has 0 aliphatic heterocycles. The van der Waals surface area contributed by atoms with Crippen LogP contribution in [0, 0.1) is 6.92 Å². The summed E-state index contributed by atoms with van der Waals surface area (Å²) in [4.78, 5) is 11.4. The molecule has 0 fully saturated rings. The second-order valence-electron chi connectivity index (χ2n) is 3.83. The minimum atomic E-state index is -0.793. The van der Waals surface area contributed by atoms with E-state index in [9.17, 15) is 9.90 Å². The lowest BCUT2D eigenvalue weighted by Crippen LogP contribution is -2.25. The number of hydrogen-bond acceptors (Lipinski definition) is 4. The Bertz CT molecular complexity index is 395. The van der Waals surface area contributed by atoms with Crippen LogP contribution in [0.1, 0.15) is 12.0 Å². The highest BCUT2D eigenvalue weighted by Crippen LogP contribution is 2.20. The number of benzene rings is 1. The van der Waals surface area contributed by atoms with Gasteiger partial charge in [-0.1, -0.05) is 11.6 Å². The van der Waals surface area contributed by atoms with Gasteiger partial charge in [-0.25, -0.2) is 0 Å². The van der Waals surface area contributed by atoms with Crippen LogP contribution < -0.4 is 10.5 Å². The maximum atomic E-state index is 11.4. The van der Waals surface area contributed by atoms with Gasteiger partial charge in [-0.05, 0) is 30.7 Å². The maximum absolute atomic E-state index is 11.4. The predicted octanol–water partition coefficient (Wildman–Crippen LogP) is 1.31. The first-order valence-electron chi connectivity index (χ1n) is 5.31. The number of halogens is 1. The van der Waals surface area contributed by atoms with Gasteiger partial charge in [-0.3, -0.25) is 4.79 Å². The van der Waals surface area contributed by atoms with Crippen LogP contribution in [0.4, 0.5) is 0 Å².